The lowest BCUT2D eigenvalue weighted by molar-refractivity contribution is -0.145. The van der Waals surface area contributed by atoms with E-state index >= 15 is 0 Å². The Morgan fingerprint density at radius 3 is 1.66 bits per heavy atom. The zero-order valence-electron chi connectivity index (χ0n) is 16.8. The highest BCUT2D eigenvalue weighted by Crippen LogP contribution is 2.38. The van der Waals surface area contributed by atoms with Crippen LogP contribution >= 0.6 is 0 Å². The van der Waals surface area contributed by atoms with Crippen LogP contribution in [0.25, 0.3) is 0 Å². The van der Waals surface area contributed by atoms with Gasteiger partial charge in [-0.25, -0.2) is 0 Å². The van der Waals surface area contributed by atoms with Crippen molar-refractivity contribution in [3.8, 4) is 17.2 Å². The van der Waals surface area contributed by atoms with Crippen LogP contribution in [0, 0.1) is 0 Å². The van der Waals surface area contributed by atoms with Gasteiger partial charge in [-0.15, -0.1) is 0 Å². The molecule has 150 valence electrons. The maximum Gasteiger partial charge on any atom is 0.318 e. The van der Waals surface area contributed by atoms with E-state index in [0.717, 1.165) is 16.7 Å². The monoisotopic (exact) mass is 392 g/mol. The van der Waals surface area contributed by atoms with Gasteiger partial charge < -0.3 is 18.9 Å². The molecular formula is C24H24O5. The Balaban J connectivity index is 1.84. The van der Waals surface area contributed by atoms with E-state index in [0.29, 0.717) is 17.2 Å². The van der Waals surface area contributed by atoms with E-state index in [1.807, 2.05) is 60.7 Å². The predicted molar refractivity (Wildman–Crippen MR) is 111 cm³/mol. The van der Waals surface area contributed by atoms with Gasteiger partial charge in [0.05, 0.1) is 21.3 Å². The number of rotatable bonds is 8. The van der Waals surface area contributed by atoms with Gasteiger partial charge in [-0.1, -0.05) is 60.7 Å². The Morgan fingerprint density at radius 1 is 0.759 bits per heavy atom. The molecule has 3 aromatic carbocycles. The van der Waals surface area contributed by atoms with Crippen LogP contribution in [0.1, 0.15) is 22.6 Å². The number of carbonyl (C=O) groups is 1. The molecule has 0 spiro atoms. The standard InChI is InChI=1S/C24H24O5/c1-26-20-14-17(15-21(27-2)23(20)28-3)16-29-24(25)22(18-10-6-4-7-11-18)19-12-8-5-9-13-19/h4-15,22H,16H2,1-3H3. The fraction of sp³-hybridized carbons (Fsp3) is 0.208. The lowest BCUT2D eigenvalue weighted by atomic mass is 9.91. The summed E-state index contributed by atoms with van der Waals surface area (Å²) in [4.78, 5) is 13.0. The molecule has 0 unspecified atom stereocenters. The zero-order valence-corrected chi connectivity index (χ0v) is 16.8. The summed E-state index contributed by atoms with van der Waals surface area (Å²) in [5.41, 5.74) is 2.51. The molecule has 29 heavy (non-hydrogen) atoms. The van der Waals surface area contributed by atoms with Gasteiger partial charge >= 0.3 is 5.97 Å². The summed E-state index contributed by atoms with van der Waals surface area (Å²) in [6.07, 6.45) is 0. The zero-order chi connectivity index (χ0) is 20.6. The van der Waals surface area contributed by atoms with E-state index in [-0.39, 0.29) is 12.6 Å². The second kappa shape index (κ2) is 9.64. The third-order valence-corrected chi connectivity index (χ3v) is 4.61. The van der Waals surface area contributed by atoms with Gasteiger partial charge in [0.2, 0.25) is 5.75 Å². The van der Waals surface area contributed by atoms with Crippen molar-refractivity contribution in [2.75, 3.05) is 21.3 Å². The van der Waals surface area contributed by atoms with Crippen LogP contribution in [-0.4, -0.2) is 27.3 Å². The molecule has 0 heterocycles. The molecule has 0 atom stereocenters. The van der Waals surface area contributed by atoms with Crippen LogP contribution in [0.4, 0.5) is 0 Å². The number of hydrogen-bond acceptors (Lipinski definition) is 5. The first-order valence-corrected chi connectivity index (χ1v) is 9.23. The maximum absolute atomic E-state index is 13.0. The Kier molecular flexibility index (Phi) is 6.74. The molecule has 5 heteroatoms. The largest absolute Gasteiger partial charge is 0.493 e. The van der Waals surface area contributed by atoms with Gasteiger partial charge in [-0.05, 0) is 28.8 Å². The molecular weight excluding hydrogens is 368 g/mol. The predicted octanol–water partition coefficient (Wildman–Crippen LogP) is 4.59. The highest BCUT2D eigenvalue weighted by Gasteiger charge is 2.24. The minimum atomic E-state index is -0.501. The van der Waals surface area contributed by atoms with Crippen LogP contribution < -0.4 is 14.2 Å². The lowest BCUT2D eigenvalue weighted by Crippen LogP contribution is -2.17. The fourth-order valence-corrected chi connectivity index (χ4v) is 3.21. The summed E-state index contributed by atoms with van der Waals surface area (Å²) in [7, 11) is 4.65. The Hall–Kier alpha value is -3.47. The van der Waals surface area contributed by atoms with Crippen molar-refractivity contribution < 1.29 is 23.7 Å². The average Bonchev–Trinajstić information content (AvgIpc) is 2.78. The minimum absolute atomic E-state index is 0.0890. The van der Waals surface area contributed by atoms with Gasteiger partial charge in [-0.2, -0.15) is 0 Å². The molecule has 0 aliphatic heterocycles. The molecule has 0 bridgehead atoms. The molecule has 0 radical (unpaired) electrons. The Labute approximate surface area is 170 Å². The van der Waals surface area contributed by atoms with Crippen molar-refractivity contribution in [3.05, 3.63) is 89.5 Å². The topological polar surface area (TPSA) is 54.0 Å². The van der Waals surface area contributed by atoms with Crippen LogP contribution in [0.15, 0.2) is 72.8 Å². The first-order valence-electron chi connectivity index (χ1n) is 9.23. The van der Waals surface area contributed by atoms with E-state index < -0.39 is 5.92 Å². The molecule has 0 N–H and O–H groups in total. The third-order valence-electron chi connectivity index (χ3n) is 4.61. The minimum Gasteiger partial charge on any atom is -0.493 e. The SMILES string of the molecule is COc1cc(COC(=O)C(c2ccccc2)c2ccccc2)cc(OC)c1OC. The van der Waals surface area contributed by atoms with E-state index in [9.17, 15) is 4.79 Å². The van der Waals surface area contributed by atoms with Crippen LogP contribution in [0.3, 0.4) is 0 Å². The van der Waals surface area contributed by atoms with E-state index in [1.165, 1.54) is 0 Å². The molecule has 0 aliphatic carbocycles. The normalized spacial score (nSPS) is 10.5. The molecule has 0 aliphatic rings. The van der Waals surface area contributed by atoms with Crippen molar-refractivity contribution in [1.29, 1.82) is 0 Å². The summed E-state index contributed by atoms with van der Waals surface area (Å²) in [5, 5.41) is 0. The molecule has 0 saturated carbocycles. The van der Waals surface area contributed by atoms with Crippen LogP contribution in [0.2, 0.25) is 0 Å². The molecule has 3 aromatic rings. The van der Waals surface area contributed by atoms with Crippen molar-refractivity contribution in [2.45, 2.75) is 12.5 Å². The van der Waals surface area contributed by atoms with Gasteiger partial charge in [0.15, 0.2) is 11.5 Å². The average molecular weight is 392 g/mol. The van der Waals surface area contributed by atoms with E-state index in [2.05, 4.69) is 0 Å². The summed E-state index contributed by atoms with van der Waals surface area (Å²) in [5.74, 6) is 0.702. The number of methoxy groups -OCH3 is 3. The molecule has 3 rings (SSSR count). The molecule has 0 aromatic heterocycles. The number of benzene rings is 3. The first kappa shape index (κ1) is 20.3. The summed E-state index contributed by atoms with van der Waals surface area (Å²) >= 11 is 0. The van der Waals surface area contributed by atoms with Gasteiger partial charge in [0.25, 0.3) is 0 Å². The first-order chi connectivity index (χ1) is 14.2. The number of esters is 1. The molecule has 0 amide bonds. The summed E-state index contributed by atoms with van der Waals surface area (Å²) in [6, 6.07) is 22.8. The Bertz CT molecular complexity index is 873. The highest BCUT2D eigenvalue weighted by molar-refractivity contribution is 5.82. The fourth-order valence-electron chi connectivity index (χ4n) is 3.21. The number of carbonyl (C=O) groups excluding carboxylic acids is 1. The van der Waals surface area contributed by atoms with Crippen LogP contribution in [0.5, 0.6) is 17.2 Å². The lowest BCUT2D eigenvalue weighted by Gasteiger charge is -2.18. The van der Waals surface area contributed by atoms with E-state index in [1.54, 1.807) is 33.5 Å². The number of hydrogen-bond donors (Lipinski definition) is 0. The third kappa shape index (κ3) is 4.69. The maximum atomic E-state index is 13.0. The number of ether oxygens (including phenoxy) is 4. The van der Waals surface area contributed by atoms with Crippen molar-refractivity contribution in [2.24, 2.45) is 0 Å². The highest BCUT2D eigenvalue weighted by atomic mass is 16.5. The quantitative estimate of drug-likeness (QED) is 0.525. The smallest absolute Gasteiger partial charge is 0.318 e. The second-order valence-electron chi connectivity index (χ2n) is 6.40. The van der Waals surface area contributed by atoms with Gasteiger partial charge in [-0.3, -0.25) is 4.79 Å². The summed E-state index contributed by atoms with van der Waals surface area (Å²) < 4.78 is 21.7. The Morgan fingerprint density at radius 2 is 1.24 bits per heavy atom. The molecule has 0 saturated heterocycles. The van der Waals surface area contributed by atoms with Crippen molar-refractivity contribution in [3.63, 3.8) is 0 Å². The van der Waals surface area contributed by atoms with Gasteiger partial charge in [0, 0.05) is 0 Å². The van der Waals surface area contributed by atoms with E-state index in [4.69, 9.17) is 18.9 Å². The molecule has 5 nitrogen and oxygen atoms in total. The van der Waals surface area contributed by atoms with Gasteiger partial charge in [0.1, 0.15) is 12.5 Å². The van der Waals surface area contributed by atoms with Crippen molar-refractivity contribution >= 4 is 5.97 Å². The van der Waals surface area contributed by atoms with Crippen LogP contribution in [-0.2, 0) is 16.1 Å². The summed E-state index contributed by atoms with van der Waals surface area (Å²) in [6.45, 7) is 0.0890. The molecule has 0 fully saturated rings. The second-order valence-corrected chi connectivity index (χ2v) is 6.40. The van der Waals surface area contributed by atoms with Crippen molar-refractivity contribution in [1.82, 2.24) is 0 Å².